The highest BCUT2D eigenvalue weighted by atomic mass is 16.6. The molecule has 0 radical (unpaired) electrons. The number of hydrogen-bond donors (Lipinski definition) is 0. The second-order valence-electron chi connectivity index (χ2n) is 4.45. The van der Waals surface area contributed by atoms with Crippen molar-refractivity contribution in [2.45, 2.75) is 31.3 Å². The quantitative estimate of drug-likeness (QED) is 0.454. The molecule has 3 fully saturated rings. The molecule has 0 saturated carbocycles. The normalized spacial score (nSPS) is 28.1. The Morgan fingerprint density at radius 2 is 1.47 bits per heavy atom. The highest BCUT2D eigenvalue weighted by molar-refractivity contribution is 4.95. The van der Waals surface area contributed by atoms with E-state index >= 15 is 0 Å². The van der Waals surface area contributed by atoms with Crippen LogP contribution in [0.5, 0.6) is 0 Å². The topological polar surface area (TPSA) is 31.0 Å². The minimum atomic E-state index is 0.304. The van der Waals surface area contributed by atoms with E-state index < -0.39 is 0 Å². The summed E-state index contributed by atoms with van der Waals surface area (Å²) in [5.74, 6) is 0. The Balaban J connectivity index is 0.000000115. The minimum absolute atomic E-state index is 0.304. The maximum atomic E-state index is 5.26. The van der Waals surface area contributed by atoms with Crippen LogP contribution in [0, 0.1) is 0 Å². The summed E-state index contributed by atoms with van der Waals surface area (Å²) < 4.78 is 15.5. The van der Waals surface area contributed by atoms with Crippen LogP contribution in [0.3, 0.4) is 0 Å². The van der Waals surface area contributed by atoms with E-state index in [-0.39, 0.29) is 0 Å². The van der Waals surface area contributed by atoms with Crippen LogP contribution in [0.4, 0.5) is 0 Å². The standard InChI is InChI=1S/C6H10O2.C6H10O/c1-3-7-4-2-6(1)5-8-6;1-6-2-4-7-5-3-6/h1-5H2;1-5H2. The SMILES string of the molecule is C1CC2(CCO1)CO2.C=C1CCOCC1. The van der Waals surface area contributed by atoms with E-state index in [0.717, 1.165) is 58.7 Å². The van der Waals surface area contributed by atoms with Crippen LogP contribution in [0.1, 0.15) is 25.7 Å². The van der Waals surface area contributed by atoms with Crippen molar-refractivity contribution in [1.82, 2.24) is 0 Å². The molecule has 3 saturated heterocycles. The zero-order valence-corrected chi connectivity index (χ0v) is 9.30. The van der Waals surface area contributed by atoms with Crippen LogP contribution in [-0.4, -0.2) is 38.6 Å². The van der Waals surface area contributed by atoms with Crippen LogP contribution in [0.15, 0.2) is 12.2 Å². The first-order valence-electron chi connectivity index (χ1n) is 5.77. The van der Waals surface area contributed by atoms with E-state index in [2.05, 4.69) is 6.58 Å². The summed E-state index contributed by atoms with van der Waals surface area (Å²) in [6, 6.07) is 0. The predicted octanol–water partition coefficient (Wildman–Crippen LogP) is 1.92. The van der Waals surface area contributed by atoms with E-state index in [4.69, 9.17) is 14.2 Å². The van der Waals surface area contributed by atoms with Gasteiger partial charge in [0.15, 0.2) is 0 Å². The molecule has 3 heteroatoms. The summed E-state index contributed by atoms with van der Waals surface area (Å²) in [5, 5.41) is 0. The molecule has 0 aliphatic carbocycles. The van der Waals surface area contributed by atoms with E-state index in [1.807, 2.05) is 0 Å². The summed E-state index contributed by atoms with van der Waals surface area (Å²) in [7, 11) is 0. The summed E-state index contributed by atoms with van der Waals surface area (Å²) in [6.07, 6.45) is 4.38. The van der Waals surface area contributed by atoms with Crippen molar-refractivity contribution < 1.29 is 14.2 Å². The van der Waals surface area contributed by atoms with Crippen molar-refractivity contribution in [2.24, 2.45) is 0 Å². The van der Waals surface area contributed by atoms with Gasteiger partial charge in [-0.1, -0.05) is 12.2 Å². The van der Waals surface area contributed by atoms with Crippen molar-refractivity contribution in [2.75, 3.05) is 33.0 Å². The molecular weight excluding hydrogens is 192 g/mol. The fourth-order valence-electron chi connectivity index (χ4n) is 1.79. The molecule has 1 spiro atoms. The number of epoxide rings is 1. The highest BCUT2D eigenvalue weighted by Crippen LogP contribution is 2.36. The summed E-state index contributed by atoms with van der Waals surface area (Å²) >= 11 is 0. The Kier molecular flexibility index (Phi) is 3.78. The lowest BCUT2D eigenvalue weighted by molar-refractivity contribution is 0.0494. The van der Waals surface area contributed by atoms with Gasteiger partial charge in [-0.2, -0.15) is 0 Å². The first kappa shape index (κ1) is 11.1. The Hall–Kier alpha value is -0.380. The Bertz CT molecular complexity index is 205. The van der Waals surface area contributed by atoms with Crippen LogP contribution >= 0.6 is 0 Å². The molecule has 0 aromatic heterocycles. The van der Waals surface area contributed by atoms with Gasteiger partial charge in [-0.15, -0.1) is 0 Å². The lowest BCUT2D eigenvalue weighted by Crippen LogP contribution is -2.22. The molecule has 3 nitrogen and oxygen atoms in total. The van der Waals surface area contributed by atoms with Gasteiger partial charge in [0.05, 0.1) is 25.4 Å². The van der Waals surface area contributed by atoms with Gasteiger partial charge in [-0.3, -0.25) is 0 Å². The Morgan fingerprint density at radius 1 is 0.933 bits per heavy atom. The zero-order chi connectivity index (χ0) is 10.6. The molecule has 3 aliphatic rings. The molecule has 0 aromatic rings. The molecule has 86 valence electrons. The lowest BCUT2D eigenvalue weighted by Gasteiger charge is -2.17. The van der Waals surface area contributed by atoms with Crippen molar-refractivity contribution in [3.63, 3.8) is 0 Å². The third-order valence-electron chi connectivity index (χ3n) is 3.16. The molecule has 0 atom stereocenters. The zero-order valence-electron chi connectivity index (χ0n) is 9.30. The number of hydrogen-bond acceptors (Lipinski definition) is 3. The summed E-state index contributed by atoms with van der Waals surface area (Å²) in [5.41, 5.74) is 1.64. The third kappa shape index (κ3) is 3.59. The van der Waals surface area contributed by atoms with Gasteiger partial charge in [-0.25, -0.2) is 0 Å². The average molecular weight is 212 g/mol. The van der Waals surface area contributed by atoms with Crippen LogP contribution in [-0.2, 0) is 14.2 Å². The van der Waals surface area contributed by atoms with Gasteiger partial charge in [0.1, 0.15) is 0 Å². The second-order valence-corrected chi connectivity index (χ2v) is 4.45. The van der Waals surface area contributed by atoms with E-state index in [1.54, 1.807) is 0 Å². The first-order valence-corrected chi connectivity index (χ1v) is 5.77. The largest absolute Gasteiger partial charge is 0.381 e. The molecule has 0 unspecified atom stereocenters. The predicted molar refractivity (Wildman–Crippen MR) is 57.9 cm³/mol. The molecular formula is C12H20O3. The van der Waals surface area contributed by atoms with Crippen molar-refractivity contribution in [3.8, 4) is 0 Å². The smallest absolute Gasteiger partial charge is 0.0960 e. The van der Waals surface area contributed by atoms with Crippen molar-refractivity contribution >= 4 is 0 Å². The van der Waals surface area contributed by atoms with Crippen molar-refractivity contribution in [3.05, 3.63) is 12.2 Å². The van der Waals surface area contributed by atoms with Crippen molar-refractivity contribution in [1.29, 1.82) is 0 Å². The lowest BCUT2D eigenvalue weighted by atomic mass is 10.0. The van der Waals surface area contributed by atoms with Gasteiger partial charge in [0, 0.05) is 26.1 Å². The molecule has 0 N–H and O–H groups in total. The molecule has 15 heavy (non-hydrogen) atoms. The Labute approximate surface area is 91.4 Å². The van der Waals surface area contributed by atoms with Gasteiger partial charge < -0.3 is 14.2 Å². The van der Waals surface area contributed by atoms with Crippen LogP contribution < -0.4 is 0 Å². The third-order valence-corrected chi connectivity index (χ3v) is 3.16. The summed E-state index contributed by atoms with van der Waals surface area (Å²) in [6.45, 7) is 8.40. The molecule has 3 aliphatic heterocycles. The monoisotopic (exact) mass is 212 g/mol. The Morgan fingerprint density at radius 3 is 1.80 bits per heavy atom. The van der Waals surface area contributed by atoms with Gasteiger partial charge >= 0.3 is 0 Å². The van der Waals surface area contributed by atoms with Crippen LogP contribution in [0.25, 0.3) is 0 Å². The number of ether oxygens (including phenoxy) is 3. The molecule has 0 bridgehead atoms. The average Bonchev–Trinajstić information content (AvgIpc) is 3.01. The van der Waals surface area contributed by atoms with E-state index in [0.29, 0.717) is 5.60 Å². The fourth-order valence-corrected chi connectivity index (χ4v) is 1.79. The second kappa shape index (κ2) is 5.10. The fraction of sp³-hybridized carbons (Fsp3) is 0.833. The molecule has 0 amide bonds. The van der Waals surface area contributed by atoms with Gasteiger partial charge in [0.25, 0.3) is 0 Å². The molecule has 3 rings (SSSR count). The maximum Gasteiger partial charge on any atom is 0.0960 e. The molecule has 0 aromatic carbocycles. The first-order chi connectivity index (χ1) is 7.31. The van der Waals surface area contributed by atoms with Crippen LogP contribution in [0.2, 0.25) is 0 Å². The van der Waals surface area contributed by atoms with Gasteiger partial charge in [-0.05, 0) is 12.8 Å². The van der Waals surface area contributed by atoms with E-state index in [1.165, 1.54) is 5.57 Å². The van der Waals surface area contributed by atoms with E-state index in [9.17, 15) is 0 Å². The maximum absolute atomic E-state index is 5.26. The summed E-state index contributed by atoms with van der Waals surface area (Å²) in [4.78, 5) is 0. The highest BCUT2D eigenvalue weighted by Gasteiger charge is 2.45. The number of rotatable bonds is 0. The van der Waals surface area contributed by atoms with Gasteiger partial charge in [0.2, 0.25) is 0 Å². The minimum Gasteiger partial charge on any atom is -0.381 e. The molecule has 3 heterocycles.